The van der Waals surface area contributed by atoms with E-state index in [1.807, 2.05) is 38.1 Å². The minimum atomic E-state index is -0.332. The Labute approximate surface area is 141 Å². The van der Waals surface area contributed by atoms with Crippen LogP contribution in [0.4, 0.5) is 5.69 Å². The molecule has 0 unspecified atom stereocenters. The van der Waals surface area contributed by atoms with Crippen molar-refractivity contribution in [2.75, 3.05) is 18.5 Å². The lowest BCUT2D eigenvalue weighted by molar-refractivity contribution is 0.104. The van der Waals surface area contributed by atoms with E-state index < -0.39 is 0 Å². The van der Waals surface area contributed by atoms with E-state index in [0.29, 0.717) is 24.6 Å². The molecule has 1 N–H and O–H groups in total. The molecule has 24 heavy (non-hydrogen) atoms. The third-order valence-corrected chi connectivity index (χ3v) is 3.39. The zero-order chi connectivity index (χ0) is 17.4. The Morgan fingerprint density at radius 2 is 1.79 bits per heavy atom. The SMILES string of the molecule is CCNc1ccccc(C(=O)/C=C\c2ccccc2OCC)c1=O. The van der Waals surface area contributed by atoms with E-state index in [0.717, 1.165) is 5.56 Å². The zero-order valence-corrected chi connectivity index (χ0v) is 13.9. The maximum absolute atomic E-state index is 12.4. The molecule has 0 spiro atoms. The van der Waals surface area contributed by atoms with Crippen LogP contribution < -0.4 is 15.5 Å². The number of anilines is 1. The van der Waals surface area contributed by atoms with Gasteiger partial charge in [-0.25, -0.2) is 0 Å². The summed E-state index contributed by atoms with van der Waals surface area (Å²) in [6.07, 6.45) is 3.08. The molecular formula is C20H21NO3. The number of nitrogens with one attached hydrogen (secondary N) is 1. The molecule has 124 valence electrons. The molecule has 0 aliphatic carbocycles. The Balaban J connectivity index is 2.33. The van der Waals surface area contributed by atoms with Crippen LogP contribution in [0, 0.1) is 0 Å². The number of carbonyl (C=O) groups is 1. The molecular weight excluding hydrogens is 302 g/mol. The topological polar surface area (TPSA) is 55.4 Å². The van der Waals surface area contributed by atoms with Gasteiger partial charge in [-0.15, -0.1) is 0 Å². The van der Waals surface area contributed by atoms with Crippen molar-refractivity contribution < 1.29 is 9.53 Å². The van der Waals surface area contributed by atoms with Crippen LogP contribution in [0.1, 0.15) is 29.8 Å². The van der Waals surface area contributed by atoms with Gasteiger partial charge >= 0.3 is 0 Å². The molecule has 0 amide bonds. The highest BCUT2D eigenvalue weighted by atomic mass is 16.5. The number of carbonyl (C=O) groups excluding carboxylic acids is 1. The average molecular weight is 323 g/mol. The number of rotatable bonds is 7. The highest BCUT2D eigenvalue weighted by molar-refractivity contribution is 6.07. The highest BCUT2D eigenvalue weighted by Gasteiger charge is 2.09. The predicted molar refractivity (Wildman–Crippen MR) is 97.9 cm³/mol. The van der Waals surface area contributed by atoms with E-state index in [2.05, 4.69) is 5.32 Å². The van der Waals surface area contributed by atoms with E-state index in [4.69, 9.17) is 4.74 Å². The maximum Gasteiger partial charge on any atom is 0.212 e. The quantitative estimate of drug-likeness (QED) is 0.622. The van der Waals surface area contributed by atoms with Crippen LogP contribution in [0.3, 0.4) is 0 Å². The predicted octanol–water partition coefficient (Wildman–Crippen LogP) is 3.77. The van der Waals surface area contributed by atoms with Crippen molar-refractivity contribution in [3.63, 3.8) is 0 Å². The van der Waals surface area contributed by atoms with Crippen LogP contribution in [0.5, 0.6) is 5.75 Å². The number of allylic oxidation sites excluding steroid dienone is 1. The van der Waals surface area contributed by atoms with Crippen molar-refractivity contribution in [2.24, 2.45) is 0 Å². The molecule has 2 aromatic carbocycles. The summed E-state index contributed by atoms with van der Waals surface area (Å²) in [7, 11) is 0. The van der Waals surface area contributed by atoms with Gasteiger partial charge in [0.1, 0.15) is 5.75 Å². The van der Waals surface area contributed by atoms with Gasteiger partial charge in [-0.3, -0.25) is 9.59 Å². The second kappa shape index (κ2) is 8.67. The molecule has 4 nitrogen and oxygen atoms in total. The van der Waals surface area contributed by atoms with Gasteiger partial charge in [0, 0.05) is 12.1 Å². The van der Waals surface area contributed by atoms with E-state index in [-0.39, 0.29) is 16.8 Å². The summed E-state index contributed by atoms with van der Waals surface area (Å²) in [5.74, 6) is 0.375. The average Bonchev–Trinajstić information content (AvgIpc) is 2.77. The first-order valence-corrected chi connectivity index (χ1v) is 7.98. The van der Waals surface area contributed by atoms with Crippen LogP contribution in [-0.4, -0.2) is 18.9 Å². The highest BCUT2D eigenvalue weighted by Crippen LogP contribution is 2.19. The lowest BCUT2D eigenvalue weighted by Gasteiger charge is -2.06. The third kappa shape index (κ3) is 4.32. The van der Waals surface area contributed by atoms with Crippen LogP contribution in [0.15, 0.2) is 59.4 Å². The first-order chi connectivity index (χ1) is 11.7. The summed E-state index contributed by atoms with van der Waals surface area (Å²) in [4.78, 5) is 24.9. The van der Waals surface area contributed by atoms with Crippen molar-refractivity contribution >= 4 is 17.5 Å². The first kappa shape index (κ1) is 17.5. The molecule has 0 aliphatic rings. The molecule has 4 heteroatoms. The van der Waals surface area contributed by atoms with Gasteiger partial charge < -0.3 is 10.1 Å². The molecule has 0 saturated carbocycles. The smallest absolute Gasteiger partial charge is 0.212 e. The first-order valence-electron chi connectivity index (χ1n) is 7.98. The van der Waals surface area contributed by atoms with Gasteiger partial charge in [-0.1, -0.05) is 30.3 Å². The largest absolute Gasteiger partial charge is 0.493 e. The molecule has 0 aromatic heterocycles. The summed E-state index contributed by atoms with van der Waals surface area (Å²) in [6, 6.07) is 14.1. The van der Waals surface area contributed by atoms with Crippen LogP contribution in [-0.2, 0) is 0 Å². The van der Waals surface area contributed by atoms with Crippen molar-refractivity contribution in [1.82, 2.24) is 0 Å². The fraction of sp³-hybridized carbons (Fsp3) is 0.200. The van der Waals surface area contributed by atoms with Gasteiger partial charge in [0.15, 0.2) is 5.78 Å². The Morgan fingerprint density at radius 1 is 1.08 bits per heavy atom. The lowest BCUT2D eigenvalue weighted by Crippen LogP contribution is -2.15. The number of hydrogen-bond donors (Lipinski definition) is 1. The number of ketones is 1. The molecule has 0 atom stereocenters. The van der Waals surface area contributed by atoms with Gasteiger partial charge in [-0.05, 0) is 44.2 Å². The van der Waals surface area contributed by atoms with Crippen LogP contribution >= 0.6 is 0 Å². The normalized spacial score (nSPS) is 10.6. The fourth-order valence-corrected chi connectivity index (χ4v) is 2.28. The summed E-state index contributed by atoms with van der Waals surface area (Å²) >= 11 is 0. The Kier molecular flexibility index (Phi) is 6.32. The van der Waals surface area contributed by atoms with Gasteiger partial charge in [0.2, 0.25) is 5.43 Å². The van der Waals surface area contributed by atoms with Gasteiger partial charge in [-0.2, -0.15) is 0 Å². The molecule has 0 bridgehead atoms. The molecule has 0 heterocycles. The number of benzene rings is 1. The molecule has 0 aliphatic heterocycles. The summed E-state index contributed by atoms with van der Waals surface area (Å²) < 4.78 is 5.53. The zero-order valence-electron chi connectivity index (χ0n) is 13.9. The van der Waals surface area contributed by atoms with Crippen LogP contribution in [0.25, 0.3) is 6.08 Å². The fourth-order valence-electron chi connectivity index (χ4n) is 2.28. The van der Waals surface area contributed by atoms with Crippen molar-refractivity contribution in [1.29, 1.82) is 0 Å². The number of ether oxygens (including phenoxy) is 1. The van der Waals surface area contributed by atoms with E-state index in [9.17, 15) is 9.59 Å². The van der Waals surface area contributed by atoms with E-state index >= 15 is 0 Å². The lowest BCUT2D eigenvalue weighted by atomic mass is 10.1. The maximum atomic E-state index is 12.4. The number of hydrogen-bond acceptors (Lipinski definition) is 4. The summed E-state index contributed by atoms with van der Waals surface area (Å²) in [5.41, 5.74) is 1.07. The Hall–Kier alpha value is -2.88. The van der Waals surface area contributed by atoms with Crippen LogP contribution in [0.2, 0.25) is 0 Å². The molecule has 0 fully saturated rings. The standard InChI is InChI=1S/C20H21NO3/c1-3-21-17-11-7-6-10-16(20(17)23)18(22)14-13-15-9-5-8-12-19(15)24-4-2/h5-14H,3-4H2,1-2H3,(H,21,23)/b14-13-. The minimum Gasteiger partial charge on any atom is -0.493 e. The Morgan fingerprint density at radius 3 is 2.54 bits per heavy atom. The number of para-hydroxylation sites is 1. The van der Waals surface area contributed by atoms with Gasteiger partial charge in [0.05, 0.1) is 17.9 Å². The van der Waals surface area contributed by atoms with Gasteiger partial charge in [0.25, 0.3) is 0 Å². The van der Waals surface area contributed by atoms with E-state index in [1.54, 1.807) is 30.3 Å². The van der Waals surface area contributed by atoms with Crippen molar-refractivity contribution in [3.05, 3.63) is 76.0 Å². The van der Waals surface area contributed by atoms with Crippen molar-refractivity contribution in [3.8, 4) is 5.75 Å². The van der Waals surface area contributed by atoms with Crippen molar-refractivity contribution in [2.45, 2.75) is 13.8 Å². The third-order valence-electron chi connectivity index (χ3n) is 3.39. The summed E-state index contributed by atoms with van der Waals surface area (Å²) in [6.45, 7) is 4.97. The Bertz CT molecular complexity index is 797. The molecule has 0 saturated heterocycles. The molecule has 2 aromatic rings. The second-order valence-electron chi connectivity index (χ2n) is 5.07. The van der Waals surface area contributed by atoms with E-state index in [1.165, 1.54) is 6.08 Å². The minimum absolute atomic E-state index is 0.140. The monoisotopic (exact) mass is 323 g/mol. The molecule has 2 rings (SSSR count). The summed E-state index contributed by atoms with van der Waals surface area (Å²) in [5, 5.41) is 2.98. The second-order valence-corrected chi connectivity index (χ2v) is 5.07. The molecule has 0 radical (unpaired) electrons.